The molecule has 0 fully saturated rings. The predicted molar refractivity (Wildman–Crippen MR) is 118 cm³/mol. The van der Waals surface area contributed by atoms with Gasteiger partial charge in [-0.05, 0) is 61.9 Å². The number of ketones is 1. The number of fused-ring (bicyclic) bond motifs is 1. The monoisotopic (exact) mass is 417 g/mol. The summed E-state index contributed by atoms with van der Waals surface area (Å²) in [6.07, 6.45) is 1.75. The van der Waals surface area contributed by atoms with E-state index < -0.39 is 0 Å². The molecule has 0 aliphatic carbocycles. The number of nitrogens with zero attached hydrogens (tertiary/aromatic N) is 2. The maximum Gasteiger partial charge on any atom is 0.262 e. The SMILES string of the molecule is CC(=O)c1ccc(OCC(=O)Nc2cccc(-c3nc4cccnc4s3)c2C)cc1. The van der Waals surface area contributed by atoms with E-state index in [9.17, 15) is 9.59 Å². The number of benzene rings is 2. The lowest BCUT2D eigenvalue weighted by Crippen LogP contribution is -2.20. The Morgan fingerprint density at radius 2 is 1.87 bits per heavy atom. The van der Waals surface area contributed by atoms with Gasteiger partial charge in [-0.25, -0.2) is 9.97 Å². The highest BCUT2D eigenvalue weighted by molar-refractivity contribution is 7.21. The molecule has 0 aliphatic heterocycles. The number of rotatable bonds is 6. The van der Waals surface area contributed by atoms with E-state index >= 15 is 0 Å². The van der Waals surface area contributed by atoms with Crippen LogP contribution in [-0.4, -0.2) is 28.3 Å². The fourth-order valence-corrected chi connectivity index (χ4v) is 4.00. The zero-order valence-corrected chi connectivity index (χ0v) is 17.3. The molecule has 0 bridgehead atoms. The molecule has 0 radical (unpaired) electrons. The van der Waals surface area contributed by atoms with E-state index in [0.29, 0.717) is 17.0 Å². The molecule has 4 aromatic rings. The standard InChI is InChI=1S/C23H19N3O3S/c1-14-18(22-26-20-7-4-12-24-23(20)30-22)5-3-6-19(14)25-21(28)13-29-17-10-8-16(9-11-17)15(2)27/h3-12H,13H2,1-2H3,(H,25,28). The van der Waals surface area contributed by atoms with E-state index in [-0.39, 0.29) is 18.3 Å². The van der Waals surface area contributed by atoms with Crippen molar-refractivity contribution >= 4 is 39.1 Å². The minimum atomic E-state index is -0.267. The van der Waals surface area contributed by atoms with Gasteiger partial charge in [0, 0.05) is 23.0 Å². The summed E-state index contributed by atoms with van der Waals surface area (Å²) >= 11 is 1.52. The number of hydrogen-bond acceptors (Lipinski definition) is 6. The molecule has 2 aromatic carbocycles. The van der Waals surface area contributed by atoms with E-state index in [1.807, 2.05) is 37.3 Å². The van der Waals surface area contributed by atoms with Crippen LogP contribution in [0.5, 0.6) is 5.75 Å². The molecule has 0 aliphatic rings. The molecule has 1 amide bonds. The number of nitrogens with one attached hydrogen (secondary N) is 1. The molecule has 6 nitrogen and oxygen atoms in total. The summed E-state index contributed by atoms with van der Waals surface area (Å²) < 4.78 is 5.53. The van der Waals surface area contributed by atoms with E-state index in [0.717, 1.165) is 26.5 Å². The Hall–Kier alpha value is -3.58. The average molecular weight is 417 g/mol. The largest absolute Gasteiger partial charge is 0.484 e. The van der Waals surface area contributed by atoms with Crippen LogP contribution in [0.4, 0.5) is 5.69 Å². The van der Waals surface area contributed by atoms with Crippen LogP contribution in [0.3, 0.4) is 0 Å². The highest BCUT2D eigenvalue weighted by Crippen LogP contribution is 2.33. The van der Waals surface area contributed by atoms with Gasteiger partial charge < -0.3 is 10.1 Å². The van der Waals surface area contributed by atoms with Crippen molar-refractivity contribution in [1.82, 2.24) is 9.97 Å². The first kappa shape index (κ1) is 19.7. The Morgan fingerprint density at radius 1 is 1.07 bits per heavy atom. The second kappa shape index (κ2) is 8.42. The van der Waals surface area contributed by atoms with Crippen LogP contribution in [0, 0.1) is 6.92 Å². The van der Waals surface area contributed by atoms with Crippen molar-refractivity contribution in [3.05, 3.63) is 71.9 Å². The molecule has 4 rings (SSSR count). The van der Waals surface area contributed by atoms with Gasteiger partial charge in [-0.2, -0.15) is 0 Å². The number of thiazole rings is 1. The van der Waals surface area contributed by atoms with Gasteiger partial charge in [0.2, 0.25) is 0 Å². The zero-order valence-electron chi connectivity index (χ0n) is 16.5. The maximum absolute atomic E-state index is 12.4. The summed E-state index contributed by atoms with van der Waals surface area (Å²) in [5.41, 5.74) is 4.05. The fourth-order valence-electron chi connectivity index (χ4n) is 3.01. The number of ether oxygens (including phenoxy) is 1. The molecule has 0 saturated carbocycles. The first-order valence-electron chi connectivity index (χ1n) is 9.36. The Balaban J connectivity index is 1.46. The second-order valence-corrected chi connectivity index (χ2v) is 7.72. The first-order chi connectivity index (χ1) is 14.5. The highest BCUT2D eigenvalue weighted by Gasteiger charge is 2.13. The Morgan fingerprint density at radius 3 is 2.60 bits per heavy atom. The topological polar surface area (TPSA) is 81.2 Å². The number of aromatic nitrogens is 2. The molecule has 0 saturated heterocycles. The molecule has 7 heteroatoms. The van der Waals surface area contributed by atoms with Crippen molar-refractivity contribution in [1.29, 1.82) is 0 Å². The normalized spacial score (nSPS) is 10.7. The highest BCUT2D eigenvalue weighted by atomic mass is 32.1. The van der Waals surface area contributed by atoms with Gasteiger partial charge >= 0.3 is 0 Å². The fraction of sp³-hybridized carbons (Fsp3) is 0.130. The minimum absolute atomic E-state index is 0.0152. The second-order valence-electron chi connectivity index (χ2n) is 6.74. The quantitative estimate of drug-likeness (QED) is 0.452. The number of amides is 1. The van der Waals surface area contributed by atoms with Crippen LogP contribution in [-0.2, 0) is 4.79 Å². The Bertz CT molecular complexity index is 1200. The minimum Gasteiger partial charge on any atom is -0.484 e. The van der Waals surface area contributed by atoms with Gasteiger partial charge in [0.1, 0.15) is 21.1 Å². The Kier molecular flexibility index (Phi) is 5.54. The van der Waals surface area contributed by atoms with E-state index in [1.165, 1.54) is 18.3 Å². The van der Waals surface area contributed by atoms with Gasteiger partial charge in [-0.1, -0.05) is 23.5 Å². The van der Waals surface area contributed by atoms with Gasteiger partial charge in [-0.15, -0.1) is 0 Å². The summed E-state index contributed by atoms with van der Waals surface area (Å²) in [5, 5.41) is 3.76. The molecule has 30 heavy (non-hydrogen) atoms. The van der Waals surface area contributed by atoms with Crippen molar-refractivity contribution in [2.24, 2.45) is 0 Å². The van der Waals surface area contributed by atoms with Crippen molar-refractivity contribution < 1.29 is 14.3 Å². The molecule has 2 heterocycles. The van der Waals surface area contributed by atoms with E-state index in [4.69, 9.17) is 4.74 Å². The molecule has 0 atom stereocenters. The number of carbonyl (C=O) groups excluding carboxylic acids is 2. The van der Waals surface area contributed by atoms with Crippen LogP contribution in [0.25, 0.3) is 20.9 Å². The van der Waals surface area contributed by atoms with Crippen LogP contribution >= 0.6 is 11.3 Å². The third kappa shape index (κ3) is 4.21. The molecule has 2 aromatic heterocycles. The summed E-state index contributed by atoms with van der Waals surface area (Å²) in [6.45, 7) is 3.32. The first-order valence-corrected chi connectivity index (χ1v) is 10.2. The van der Waals surface area contributed by atoms with Gasteiger partial charge in [-0.3, -0.25) is 9.59 Å². The number of pyridine rings is 1. The Labute approximate surface area is 177 Å². The average Bonchev–Trinajstić information content (AvgIpc) is 3.18. The summed E-state index contributed by atoms with van der Waals surface area (Å²) in [4.78, 5) is 33.6. The van der Waals surface area contributed by atoms with Gasteiger partial charge in [0.25, 0.3) is 5.91 Å². The lowest BCUT2D eigenvalue weighted by molar-refractivity contribution is -0.118. The summed E-state index contributed by atoms with van der Waals surface area (Å²) in [6, 6.07) is 16.2. The third-order valence-corrected chi connectivity index (χ3v) is 5.65. The molecule has 1 N–H and O–H groups in total. The lowest BCUT2D eigenvalue weighted by atomic mass is 10.1. The number of carbonyl (C=O) groups is 2. The molecule has 150 valence electrons. The van der Waals surface area contributed by atoms with Crippen molar-refractivity contribution in [3.63, 3.8) is 0 Å². The maximum atomic E-state index is 12.4. The van der Waals surface area contributed by atoms with Crippen LogP contribution in [0.1, 0.15) is 22.8 Å². The van der Waals surface area contributed by atoms with Crippen molar-refractivity contribution in [3.8, 4) is 16.3 Å². The third-order valence-electron chi connectivity index (χ3n) is 4.64. The number of hydrogen-bond donors (Lipinski definition) is 1. The molecular weight excluding hydrogens is 398 g/mol. The number of Topliss-reactive ketones (excluding diaryl/α,β-unsaturated/α-hetero) is 1. The van der Waals surface area contributed by atoms with Crippen LogP contribution in [0.2, 0.25) is 0 Å². The summed E-state index contributed by atoms with van der Waals surface area (Å²) in [7, 11) is 0. The van der Waals surface area contributed by atoms with Crippen molar-refractivity contribution in [2.75, 3.05) is 11.9 Å². The van der Waals surface area contributed by atoms with E-state index in [1.54, 1.807) is 30.5 Å². The van der Waals surface area contributed by atoms with Gasteiger partial charge in [0.05, 0.1) is 0 Å². The smallest absolute Gasteiger partial charge is 0.262 e. The predicted octanol–water partition coefficient (Wildman–Crippen LogP) is 4.89. The molecule has 0 unspecified atom stereocenters. The molecular formula is C23H19N3O3S. The zero-order chi connectivity index (χ0) is 21.1. The van der Waals surface area contributed by atoms with Crippen LogP contribution < -0.4 is 10.1 Å². The lowest BCUT2D eigenvalue weighted by Gasteiger charge is -2.12. The van der Waals surface area contributed by atoms with E-state index in [2.05, 4.69) is 15.3 Å². The van der Waals surface area contributed by atoms with Gasteiger partial charge in [0.15, 0.2) is 12.4 Å². The van der Waals surface area contributed by atoms with Crippen LogP contribution in [0.15, 0.2) is 60.8 Å². The summed E-state index contributed by atoms with van der Waals surface area (Å²) in [5.74, 6) is 0.248. The van der Waals surface area contributed by atoms with Crippen molar-refractivity contribution in [2.45, 2.75) is 13.8 Å². The number of anilines is 1. The molecule has 0 spiro atoms.